The molecule has 3 aromatic rings. The molecule has 0 atom stereocenters. The number of amides is 2. The molecule has 0 heterocycles. The first-order chi connectivity index (χ1) is 14.7. The van der Waals surface area contributed by atoms with Gasteiger partial charge in [0.05, 0.1) is 39.5 Å². The summed E-state index contributed by atoms with van der Waals surface area (Å²) in [5.41, 5.74) is 2.73. The number of ether oxygens (including phenoxy) is 3. The van der Waals surface area contributed by atoms with Crippen molar-refractivity contribution in [2.45, 2.75) is 12.6 Å². The molecule has 0 aliphatic rings. The number of methoxy groups -OCH3 is 3. The highest BCUT2D eigenvalue weighted by atomic mass is 16.5. The average molecular weight is 406 g/mol. The zero-order valence-corrected chi connectivity index (χ0v) is 17.3. The van der Waals surface area contributed by atoms with Crippen LogP contribution in [0.1, 0.15) is 22.7 Å². The van der Waals surface area contributed by atoms with Crippen molar-refractivity contribution in [1.29, 1.82) is 0 Å². The van der Waals surface area contributed by atoms with Crippen LogP contribution in [0.15, 0.2) is 72.8 Å². The van der Waals surface area contributed by atoms with Crippen molar-refractivity contribution in [1.82, 2.24) is 10.6 Å². The predicted molar refractivity (Wildman–Crippen MR) is 116 cm³/mol. The van der Waals surface area contributed by atoms with Crippen LogP contribution < -0.4 is 24.8 Å². The third-order valence-corrected chi connectivity index (χ3v) is 4.78. The summed E-state index contributed by atoms with van der Waals surface area (Å²) in [7, 11) is 4.71. The van der Waals surface area contributed by atoms with Crippen LogP contribution in [-0.4, -0.2) is 27.4 Å². The Kier molecular flexibility index (Phi) is 7.16. The molecule has 0 aliphatic heterocycles. The first-order valence-electron chi connectivity index (χ1n) is 9.59. The molecular formula is C24H26N2O4. The molecule has 0 radical (unpaired) electrons. The predicted octanol–water partition coefficient (Wildman–Crippen LogP) is 4.30. The van der Waals surface area contributed by atoms with E-state index in [-0.39, 0.29) is 18.6 Å². The van der Waals surface area contributed by atoms with Gasteiger partial charge in [0.15, 0.2) is 0 Å². The van der Waals surface area contributed by atoms with Gasteiger partial charge in [0.2, 0.25) is 0 Å². The van der Waals surface area contributed by atoms with Crippen LogP contribution in [0.4, 0.5) is 4.79 Å². The molecule has 0 saturated heterocycles. The molecule has 3 aromatic carbocycles. The zero-order valence-electron chi connectivity index (χ0n) is 17.3. The van der Waals surface area contributed by atoms with E-state index in [4.69, 9.17) is 14.2 Å². The molecule has 0 aliphatic carbocycles. The van der Waals surface area contributed by atoms with Gasteiger partial charge in [-0.3, -0.25) is 0 Å². The minimum absolute atomic E-state index is 0.235. The molecule has 0 aromatic heterocycles. The van der Waals surface area contributed by atoms with E-state index in [1.165, 1.54) is 0 Å². The standard InChI is InChI=1S/C24H26N2O4/c1-28-19-14-21(29-2)20(22(15-19)30-3)16-25-24(27)26-23(17-10-6-4-7-11-17)18-12-8-5-9-13-18/h4-15,23H,16H2,1-3H3,(H2,25,26,27). The molecule has 0 spiro atoms. The molecule has 6 heteroatoms. The van der Waals surface area contributed by atoms with Gasteiger partial charge < -0.3 is 24.8 Å². The van der Waals surface area contributed by atoms with E-state index in [0.29, 0.717) is 17.2 Å². The first kappa shape index (κ1) is 21.0. The number of carbonyl (C=O) groups excluding carboxylic acids is 1. The minimum atomic E-state index is -0.298. The van der Waals surface area contributed by atoms with Crippen molar-refractivity contribution >= 4 is 6.03 Å². The summed E-state index contributed by atoms with van der Waals surface area (Å²) in [4.78, 5) is 12.8. The molecule has 6 nitrogen and oxygen atoms in total. The van der Waals surface area contributed by atoms with E-state index in [0.717, 1.165) is 16.7 Å². The summed E-state index contributed by atoms with van der Waals surface area (Å²) in [5.74, 6) is 1.77. The Morgan fingerprint density at radius 3 is 1.73 bits per heavy atom. The molecule has 0 saturated carbocycles. The van der Waals surface area contributed by atoms with Crippen LogP contribution >= 0.6 is 0 Å². The molecule has 2 N–H and O–H groups in total. The maximum Gasteiger partial charge on any atom is 0.315 e. The number of hydrogen-bond donors (Lipinski definition) is 2. The Morgan fingerprint density at radius 2 is 1.30 bits per heavy atom. The maximum absolute atomic E-state index is 12.8. The van der Waals surface area contributed by atoms with Gasteiger partial charge in [-0.15, -0.1) is 0 Å². The second-order valence-corrected chi connectivity index (χ2v) is 6.59. The highest BCUT2D eigenvalue weighted by Gasteiger charge is 2.18. The van der Waals surface area contributed by atoms with Gasteiger partial charge in [0.25, 0.3) is 0 Å². The van der Waals surface area contributed by atoms with Crippen molar-refractivity contribution in [2.75, 3.05) is 21.3 Å². The van der Waals surface area contributed by atoms with Crippen LogP contribution in [0.2, 0.25) is 0 Å². The van der Waals surface area contributed by atoms with Crippen molar-refractivity contribution in [3.63, 3.8) is 0 Å². The number of urea groups is 1. The fourth-order valence-corrected chi connectivity index (χ4v) is 3.25. The van der Waals surface area contributed by atoms with Crippen LogP contribution in [0.5, 0.6) is 17.2 Å². The van der Waals surface area contributed by atoms with Crippen molar-refractivity contribution in [2.24, 2.45) is 0 Å². The zero-order chi connectivity index (χ0) is 21.3. The van der Waals surface area contributed by atoms with Gasteiger partial charge in [-0.2, -0.15) is 0 Å². The third kappa shape index (κ3) is 5.03. The maximum atomic E-state index is 12.8. The summed E-state index contributed by atoms with van der Waals surface area (Å²) in [5, 5.41) is 5.97. The fraction of sp³-hybridized carbons (Fsp3) is 0.208. The summed E-state index contributed by atoms with van der Waals surface area (Å²) in [6, 6.07) is 22.7. The van der Waals surface area contributed by atoms with E-state index >= 15 is 0 Å². The summed E-state index contributed by atoms with van der Waals surface area (Å²) >= 11 is 0. The molecule has 156 valence electrons. The monoisotopic (exact) mass is 406 g/mol. The van der Waals surface area contributed by atoms with Crippen molar-refractivity contribution < 1.29 is 19.0 Å². The number of hydrogen-bond acceptors (Lipinski definition) is 4. The smallest absolute Gasteiger partial charge is 0.315 e. The van der Waals surface area contributed by atoms with Gasteiger partial charge in [0.1, 0.15) is 17.2 Å². The Bertz CT molecular complexity index is 897. The van der Waals surface area contributed by atoms with Gasteiger partial charge >= 0.3 is 6.03 Å². The number of carbonyl (C=O) groups is 1. The SMILES string of the molecule is COc1cc(OC)c(CNC(=O)NC(c2ccccc2)c2ccccc2)c(OC)c1. The lowest BCUT2D eigenvalue weighted by Crippen LogP contribution is -2.38. The number of rotatable bonds is 8. The summed E-state index contributed by atoms with van der Waals surface area (Å²) in [6.45, 7) is 0.235. The molecule has 0 unspecified atom stereocenters. The second kappa shape index (κ2) is 10.2. The first-order valence-corrected chi connectivity index (χ1v) is 9.59. The lowest BCUT2D eigenvalue weighted by atomic mass is 9.99. The van der Waals surface area contributed by atoms with Gasteiger partial charge in [-0.25, -0.2) is 4.79 Å². The minimum Gasteiger partial charge on any atom is -0.496 e. The Balaban J connectivity index is 1.77. The Morgan fingerprint density at radius 1 is 0.800 bits per heavy atom. The van der Waals surface area contributed by atoms with Gasteiger partial charge in [0, 0.05) is 12.1 Å². The Labute approximate surface area is 176 Å². The van der Waals surface area contributed by atoms with Gasteiger partial charge in [-0.05, 0) is 11.1 Å². The Hall–Kier alpha value is -3.67. The summed E-state index contributed by atoms with van der Waals surface area (Å²) < 4.78 is 16.2. The molecule has 30 heavy (non-hydrogen) atoms. The van der Waals surface area contributed by atoms with E-state index in [2.05, 4.69) is 10.6 Å². The molecular weight excluding hydrogens is 380 g/mol. The topological polar surface area (TPSA) is 68.8 Å². The average Bonchev–Trinajstić information content (AvgIpc) is 2.81. The molecule has 2 amide bonds. The van der Waals surface area contributed by atoms with E-state index in [1.807, 2.05) is 60.7 Å². The van der Waals surface area contributed by atoms with Crippen LogP contribution in [0.25, 0.3) is 0 Å². The lowest BCUT2D eigenvalue weighted by Gasteiger charge is -2.21. The van der Waals surface area contributed by atoms with Crippen molar-refractivity contribution in [3.05, 3.63) is 89.5 Å². The van der Waals surface area contributed by atoms with Crippen LogP contribution in [-0.2, 0) is 6.54 Å². The number of nitrogens with one attached hydrogen (secondary N) is 2. The highest BCUT2D eigenvalue weighted by molar-refractivity contribution is 5.75. The third-order valence-electron chi connectivity index (χ3n) is 4.78. The largest absolute Gasteiger partial charge is 0.496 e. The quantitative estimate of drug-likeness (QED) is 0.585. The highest BCUT2D eigenvalue weighted by Crippen LogP contribution is 2.34. The second-order valence-electron chi connectivity index (χ2n) is 6.59. The molecule has 0 fully saturated rings. The van der Waals surface area contributed by atoms with Crippen LogP contribution in [0, 0.1) is 0 Å². The van der Waals surface area contributed by atoms with Crippen molar-refractivity contribution in [3.8, 4) is 17.2 Å². The normalized spacial score (nSPS) is 10.4. The molecule has 3 rings (SSSR count). The summed E-state index contributed by atoms with van der Waals surface area (Å²) in [6.07, 6.45) is 0. The molecule has 0 bridgehead atoms. The number of benzene rings is 3. The van der Waals surface area contributed by atoms with Gasteiger partial charge in [-0.1, -0.05) is 60.7 Å². The van der Waals surface area contributed by atoms with E-state index < -0.39 is 0 Å². The lowest BCUT2D eigenvalue weighted by molar-refractivity contribution is 0.238. The van der Waals surface area contributed by atoms with E-state index in [9.17, 15) is 4.79 Å². The van der Waals surface area contributed by atoms with Crippen LogP contribution in [0.3, 0.4) is 0 Å². The van der Waals surface area contributed by atoms with E-state index in [1.54, 1.807) is 33.5 Å². The fourth-order valence-electron chi connectivity index (χ4n) is 3.25.